The molecule has 0 fully saturated rings. The van der Waals surface area contributed by atoms with E-state index in [9.17, 15) is 0 Å². The predicted molar refractivity (Wildman–Crippen MR) is 62.1 cm³/mol. The Morgan fingerprint density at radius 3 is 2.73 bits per heavy atom. The van der Waals surface area contributed by atoms with Gasteiger partial charge in [-0.25, -0.2) is 0 Å². The number of aryl methyl sites for hydroxylation is 1. The molecule has 0 aromatic carbocycles. The highest BCUT2D eigenvalue weighted by molar-refractivity contribution is 5.29. The standard InChI is InChI=1S/C12H20N2O/c1-9(2)8-15-12-5-4-10(3)14-11(12)6-7-13/h4-5,9H,6-8,13H2,1-3H3. The van der Waals surface area contributed by atoms with Crippen molar-refractivity contribution < 1.29 is 4.74 Å². The lowest BCUT2D eigenvalue weighted by Gasteiger charge is -2.12. The summed E-state index contributed by atoms with van der Waals surface area (Å²) in [6.45, 7) is 7.57. The van der Waals surface area contributed by atoms with Crippen LogP contribution in [-0.2, 0) is 6.42 Å². The zero-order chi connectivity index (χ0) is 11.3. The maximum Gasteiger partial charge on any atom is 0.140 e. The number of nitrogens with zero attached hydrogens (tertiary/aromatic N) is 1. The molecule has 1 rings (SSSR count). The smallest absolute Gasteiger partial charge is 0.140 e. The Labute approximate surface area is 91.7 Å². The topological polar surface area (TPSA) is 48.1 Å². The van der Waals surface area contributed by atoms with Crippen LogP contribution < -0.4 is 10.5 Å². The third kappa shape index (κ3) is 3.88. The lowest BCUT2D eigenvalue weighted by molar-refractivity contribution is 0.267. The number of pyridine rings is 1. The molecule has 0 amide bonds. The van der Waals surface area contributed by atoms with Gasteiger partial charge in [0.2, 0.25) is 0 Å². The molecule has 3 heteroatoms. The van der Waals surface area contributed by atoms with Crippen molar-refractivity contribution in [2.45, 2.75) is 27.2 Å². The Morgan fingerprint density at radius 2 is 2.13 bits per heavy atom. The highest BCUT2D eigenvalue weighted by Crippen LogP contribution is 2.17. The fraction of sp³-hybridized carbons (Fsp3) is 0.583. The van der Waals surface area contributed by atoms with Crippen LogP contribution in [0.15, 0.2) is 12.1 Å². The molecule has 0 saturated heterocycles. The Bertz CT molecular complexity index is 310. The zero-order valence-electron chi connectivity index (χ0n) is 9.79. The van der Waals surface area contributed by atoms with Crippen molar-refractivity contribution in [3.8, 4) is 5.75 Å². The molecular weight excluding hydrogens is 188 g/mol. The fourth-order valence-corrected chi connectivity index (χ4v) is 1.30. The maximum atomic E-state index is 5.69. The number of rotatable bonds is 5. The molecule has 1 aromatic heterocycles. The van der Waals surface area contributed by atoms with Crippen molar-refractivity contribution in [1.82, 2.24) is 4.98 Å². The van der Waals surface area contributed by atoms with E-state index in [4.69, 9.17) is 10.5 Å². The van der Waals surface area contributed by atoms with Crippen LogP contribution >= 0.6 is 0 Å². The Kier molecular flexibility index (Phi) is 4.56. The molecule has 1 aromatic rings. The van der Waals surface area contributed by atoms with Gasteiger partial charge in [-0.15, -0.1) is 0 Å². The van der Waals surface area contributed by atoms with Crippen molar-refractivity contribution in [2.75, 3.05) is 13.2 Å². The van der Waals surface area contributed by atoms with Gasteiger partial charge in [0, 0.05) is 12.1 Å². The molecule has 84 valence electrons. The van der Waals surface area contributed by atoms with Crippen molar-refractivity contribution in [3.05, 3.63) is 23.5 Å². The van der Waals surface area contributed by atoms with Gasteiger partial charge < -0.3 is 10.5 Å². The van der Waals surface area contributed by atoms with Gasteiger partial charge in [0.15, 0.2) is 0 Å². The van der Waals surface area contributed by atoms with Gasteiger partial charge in [-0.1, -0.05) is 13.8 Å². The molecule has 0 aliphatic heterocycles. The van der Waals surface area contributed by atoms with Crippen LogP contribution in [0.3, 0.4) is 0 Å². The first-order valence-corrected chi connectivity index (χ1v) is 5.43. The van der Waals surface area contributed by atoms with E-state index in [-0.39, 0.29) is 0 Å². The summed E-state index contributed by atoms with van der Waals surface area (Å²) >= 11 is 0. The largest absolute Gasteiger partial charge is 0.491 e. The minimum Gasteiger partial charge on any atom is -0.491 e. The quantitative estimate of drug-likeness (QED) is 0.804. The second-order valence-corrected chi connectivity index (χ2v) is 4.14. The zero-order valence-corrected chi connectivity index (χ0v) is 9.79. The molecule has 0 bridgehead atoms. The third-order valence-electron chi connectivity index (χ3n) is 2.02. The summed E-state index contributed by atoms with van der Waals surface area (Å²) in [5.74, 6) is 1.40. The van der Waals surface area contributed by atoms with E-state index in [0.29, 0.717) is 12.5 Å². The minimum absolute atomic E-state index is 0.525. The first-order valence-electron chi connectivity index (χ1n) is 5.43. The van der Waals surface area contributed by atoms with E-state index >= 15 is 0 Å². The van der Waals surface area contributed by atoms with Crippen LogP contribution in [0.2, 0.25) is 0 Å². The first kappa shape index (κ1) is 12.0. The molecule has 0 unspecified atom stereocenters. The summed E-state index contributed by atoms with van der Waals surface area (Å²) in [5, 5.41) is 0. The van der Waals surface area contributed by atoms with Crippen LogP contribution in [0.25, 0.3) is 0 Å². The summed E-state index contributed by atoms with van der Waals surface area (Å²) in [4.78, 5) is 4.44. The van der Waals surface area contributed by atoms with Crippen LogP contribution in [0.5, 0.6) is 5.75 Å². The van der Waals surface area contributed by atoms with Crippen molar-refractivity contribution in [3.63, 3.8) is 0 Å². The van der Waals surface area contributed by atoms with Crippen LogP contribution in [0.4, 0.5) is 0 Å². The number of hydrogen-bond acceptors (Lipinski definition) is 3. The van der Waals surface area contributed by atoms with Crippen LogP contribution in [-0.4, -0.2) is 18.1 Å². The summed E-state index contributed by atoms with van der Waals surface area (Å²) < 4.78 is 5.69. The lowest BCUT2D eigenvalue weighted by atomic mass is 10.2. The van der Waals surface area contributed by atoms with E-state index < -0.39 is 0 Å². The molecule has 0 spiro atoms. The van der Waals surface area contributed by atoms with Crippen LogP contribution in [0.1, 0.15) is 25.2 Å². The predicted octanol–water partition coefficient (Wildman–Crippen LogP) is 1.93. The molecule has 0 radical (unpaired) electrons. The third-order valence-corrected chi connectivity index (χ3v) is 2.02. The van der Waals surface area contributed by atoms with Gasteiger partial charge in [0.25, 0.3) is 0 Å². The van der Waals surface area contributed by atoms with E-state index in [1.165, 1.54) is 0 Å². The molecule has 1 heterocycles. The van der Waals surface area contributed by atoms with Gasteiger partial charge in [0.1, 0.15) is 5.75 Å². The maximum absolute atomic E-state index is 5.69. The second-order valence-electron chi connectivity index (χ2n) is 4.14. The lowest BCUT2D eigenvalue weighted by Crippen LogP contribution is -2.10. The number of ether oxygens (including phenoxy) is 1. The molecule has 0 aliphatic rings. The van der Waals surface area contributed by atoms with E-state index in [1.54, 1.807) is 0 Å². The summed E-state index contributed by atoms with van der Waals surface area (Å²) in [5.41, 5.74) is 7.52. The highest BCUT2D eigenvalue weighted by atomic mass is 16.5. The molecule has 0 saturated carbocycles. The fourth-order valence-electron chi connectivity index (χ4n) is 1.30. The van der Waals surface area contributed by atoms with Crippen molar-refractivity contribution in [1.29, 1.82) is 0 Å². The summed E-state index contributed by atoms with van der Waals surface area (Å²) in [6.07, 6.45) is 0.773. The SMILES string of the molecule is Cc1ccc(OCC(C)C)c(CCN)n1. The minimum atomic E-state index is 0.525. The van der Waals surface area contributed by atoms with E-state index in [1.807, 2.05) is 19.1 Å². The Hall–Kier alpha value is -1.09. The monoisotopic (exact) mass is 208 g/mol. The van der Waals surface area contributed by atoms with Crippen molar-refractivity contribution >= 4 is 0 Å². The number of hydrogen-bond donors (Lipinski definition) is 1. The number of nitrogens with two attached hydrogens (primary N) is 1. The van der Waals surface area contributed by atoms with E-state index in [0.717, 1.165) is 30.2 Å². The number of aromatic nitrogens is 1. The van der Waals surface area contributed by atoms with Crippen molar-refractivity contribution in [2.24, 2.45) is 11.7 Å². The second kappa shape index (κ2) is 5.71. The first-order chi connectivity index (χ1) is 7.13. The molecule has 2 N–H and O–H groups in total. The summed E-state index contributed by atoms with van der Waals surface area (Å²) in [7, 11) is 0. The van der Waals surface area contributed by atoms with Gasteiger partial charge in [0.05, 0.1) is 12.3 Å². The molecule has 3 nitrogen and oxygen atoms in total. The van der Waals surface area contributed by atoms with Gasteiger partial charge >= 0.3 is 0 Å². The Morgan fingerprint density at radius 1 is 1.40 bits per heavy atom. The molecule has 0 aliphatic carbocycles. The van der Waals surface area contributed by atoms with Gasteiger partial charge in [-0.3, -0.25) is 4.98 Å². The summed E-state index contributed by atoms with van der Waals surface area (Å²) in [6, 6.07) is 3.95. The van der Waals surface area contributed by atoms with E-state index in [2.05, 4.69) is 18.8 Å². The average Bonchev–Trinajstić information content (AvgIpc) is 2.17. The van der Waals surface area contributed by atoms with Gasteiger partial charge in [-0.2, -0.15) is 0 Å². The van der Waals surface area contributed by atoms with Gasteiger partial charge in [-0.05, 0) is 31.5 Å². The Balaban J connectivity index is 2.76. The molecule has 15 heavy (non-hydrogen) atoms. The average molecular weight is 208 g/mol. The molecule has 0 atom stereocenters. The van der Waals surface area contributed by atoms with Crippen LogP contribution in [0, 0.1) is 12.8 Å². The highest BCUT2D eigenvalue weighted by Gasteiger charge is 2.05. The normalized spacial score (nSPS) is 10.7. The molecular formula is C12H20N2O.